The number of nitrogens with two attached hydrogens (primary N) is 1. The van der Waals surface area contributed by atoms with E-state index in [1.54, 1.807) is 0 Å². The summed E-state index contributed by atoms with van der Waals surface area (Å²) in [7, 11) is 0. The van der Waals surface area contributed by atoms with Gasteiger partial charge in [-0.05, 0) is 25.5 Å². The molecular weight excluding hydrogens is 210 g/mol. The Morgan fingerprint density at radius 3 is 2.73 bits per heavy atom. The zero-order valence-electron chi connectivity index (χ0n) is 8.97. The van der Waals surface area contributed by atoms with Gasteiger partial charge in [-0.2, -0.15) is 0 Å². The summed E-state index contributed by atoms with van der Waals surface area (Å²) in [5, 5.41) is 0.797. The van der Waals surface area contributed by atoms with Crippen molar-refractivity contribution in [1.82, 2.24) is 0 Å². The van der Waals surface area contributed by atoms with E-state index < -0.39 is 0 Å². The highest BCUT2D eigenvalue weighted by atomic mass is 35.5. The van der Waals surface area contributed by atoms with Crippen molar-refractivity contribution in [3.05, 3.63) is 22.6 Å². The van der Waals surface area contributed by atoms with Crippen LogP contribution in [0, 0.1) is 0 Å². The van der Waals surface area contributed by atoms with Gasteiger partial charge in [0, 0.05) is 12.3 Å². The summed E-state index contributed by atoms with van der Waals surface area (Å²) in [5.74, 6) is 2.47. The Kier molecular flexibility index (Phi) is 3.71. The van der Waals surface area contributed by atoms with Gasteiger partial charge >= 0.3 is 0 Å². The molecule has 0 unspecified atom stereocenters. The highest BCUT2D eigenvalue weighted by Gasteiger charge is 2.22. The summed E-state index contributed by atoms with van der Waals surface area (Å²) < 4.78 is 5.78. The zero-order valence-corrected chi connectivity index (χ0v) is 9.72. The van der Waals surface area contributed by atoms with E-state index >= 15 is 0 Å². The lowest BCUT2D eigenvalue weighted by Gasteiger charge is -2.19. The zero-order chi connectivity index (χ0) is 10.7. The van der Waals surface area contributed by atoms with Crippen molar-refractivity contribution in [3.63, 3.8) is 0 Å². The van der Waals surface area contributed by atoms with Crippen LogP contribution < -0.4 is 5.73 Å². The molecule has 15 heavy (non-hydrogen) atoms. The van der Waals surface area contributed by atoms with Crippen LogP contribution in [0.5, 0.6) is 0 Å². The molecule has 1 aromatic heterocycles. The summed E-state index contributed by atoms with van der Waals surface area (Å²) in [6.07, 6.45) is 7.17. The van der Waals surface area contributed by atoms with E-state index in [0.717, 1.165) is 23.0 Å². The number of hydrogen-bond donors (Lipinski definition) is 1. The molecule has 0 aromatic carbocycles. The van der Waals surface area contributed by atoms with Crippen molar-refractivity contribution >= 4 is 11.6 Å². The van der Waals surface area contributed by atoms with Crippen LogP contribution in [0.1, 0.15) is 49.5 Å². The van der Waals surface area contributed by atoms with Crippen LogP contribution in [0.15, 0.2) is 10.5 Å². The van der Waals surface area contributed by atoms with Crippen LogP contribution in [0.2, 0.25) is 5.02 Å². The molecular formula is C12H18ClNO. The summed E-state index contributed by atoms with van der Waals surface area (Å²) in [6.45, 7) is 0.619. The van der Waals surface area contributed by atoms with Crippen LogP contribution in [0.4, 0.5) is 0 Å². The second kappa shape index (κ2) is 5.04. The molecule has 1 fully saturated rings. The largest absolute Gasteiger partial charge is 0.464 e. The first-order valence-electron chi connectivity index (χ1n) is 5.79. The number of halogens is 1. The second-order valence-electron chi connectivity index (χ2n) is 4.30. The molecule has 0 saturated heterocycles. The summed E-state index contributed by atoms with van der Waals surface area (Å²) in [4.78, 5) is 0. The lowest BCUT2D eigenvalue weighted by Crippen LogP contribution is -2.04. The van der Waals surface area contributed by atoms with E-state index in [2.05, 4.69) is 0 Å². The molecule has 1 aromatic rings. The molecule has 0 amide bonds. The van der Waals surface area contributed by atoms with Gasteiger partial charge in [0.25, 0.3) is 0 Å². The first-order valence-corrected chi connectivity index (χ1v) is 6.17. The van der Waals surface area contributed by atoms with Gasteiger partial charge in [-0.3, -0.25) is 0 Å². The van der Waals surface area contributed by atoms with Crippen LogP contribution >= 0.6 is 11.6 Å². The SMILES string of the molecule is NCCc1cc(Cl)c(C2CCCCC2)o1. The van der Waals surface area contributed by atoms with Gasteiger partial charge in [0.15, 0.2) is 0 Å². The normalized spacial score (nSPS) is 18.3. The Bertz CT molecular complexity index is 315. The number of furan rings is 1. The summed E-state index contributed by atoms with van der Waals surface area (Å²) in [5.41, 5.74) is 5.50. The fraction of sp³-hybridized carbons (Fsp3) is 0.667. The van der Waals surface area contributed by atoms with Crippen LogP contribution in [-0.4, -0.2) is 6.54 Å². The molecule has 2 nitrogen and oxygen atoms in total. The average molecular weight is 228 g/mol. The average Bonchev–Trinajstić information content (AvgIpc) is 2.61. The van der Waals surface area contributed by atoms with E-state index in [4.69, 9.17) is 21.8 Å². The Hall–Kier alpha value is -0.470. The van der Waals surface area contributed by atoms with Gasteiger partial charge in [-0.25, -0.2) is 0 Å². The molecule has 2 N–H and O–H groups in total. The van der Waals surface area contributed by atoms with Crippen molar-refractivity contribution in [1.29, 1.82) is 0 Å². The van der Waals surface area contributed by atoms with Crippen molar-refractivity contribution < 1.29 is 4.42 Å². The Morgan fingerprint density at radius 1 is 1.33 bits per heavy atom. The highest BCUT2D eigenvalue weighted by Crippen LogP contribution is 2.37. The first-order chi connectivity index (χ1) is 7.31. The predicted octanol–water partition coefficient (Wildman–Crippen LogP) is 3.48. The molecule has 1 saturated carbocycles. The number of hydrogen-bond acceptors (Lipinski definition) is 2. The standard InChI is InChI=1S/C12H18ClNO/c13-11-8-10(6-7-14)15-12(11)9-4-2-1-3-5-9/h8-9H,1-7,14H2. The third-order valence-corrected chi connectivity index (χ3v) is 3.43. The Balaban J connectivity index is 2.11. The molecule has 2 rings (SSSR count). The molecule has 0 bridgehead atoms. The van der Waals surface area contributed by atoms with Crippen molar-refractivity contribution in [2.75, 3.05) is 6.54 Å². The smallest absolute Gasteiger partial charge is 0.125 e. The van der Waals surface area contributed by atoms with E-state index in [-0.39, 0.29) is 0 Å². The molecule has 1 heterocycles. The van der Waals surface area contributed by atoms with Gasteiger partial charge < -0.3 is 10.2 Å². The summed E-state index contributed by atoms with van der Waals surface area (Å²) in [6, 6.07) is 1.93. The van der Waals surface area contributed by atoms with E-state index in [1.165, 1.54) is 32.1 Å². The quantitative estimate of drug-likeness (QED) is 0.859. The molecule has 1 aliphatic carbocycles. The van der Waals surface area contributed by atoms with Gasteiger partial charge in [-0.1, -0.05) is 30.9 Å². The number of rotatable bonds is 3. The molecule has 0 radical (unpaired) electrons. The second-order valence-corrected chi connectivity index (χ2v) is 4.71. The lowest BCUT2D eigenvalue weighted by atomic mass is 9.87. The molecule has 3 heteroatoms. The van der Waals surface area contributed by atoms with Crippen LogP contribution in [-0.2, 0) is 6.42 Å². The fourth-order valence-electron chi connectivity index (χ4n) is 2.34. The maximum atomic E-state index is 6.18. The maximum Gasteiger partial charge on any atom is 0.125 e. The van der Waals surface area contributed by atoms with Gasteiger partial charge in [0.2, 0.25) is 0 Å². The fourth-order valence-corrected chi connectivity index (χ4v) is 2.66. The Labute approximate surface area is 95.8 Å². The minimum absolute atomic E-state index is 0.540. The molecule has 0 aliphatic heterocycles. The van der Waals surface area contributed by atoms with Gasteiger partial charge in [-0.15, -0.1) is 0 Å². The lowest BCUT2D eigenvalue weighted by molar-refractivity contribution is 0.362. The third kappa shape index (κ3) is 2.56. The third-order valence-electron chi connectivity index (χ3n) is 3.13. The van der Waals surface area contributed by atoms with Gasteiger partial charge in [0.05, 0.1) is 5.02 Å². The first kappa shape index (κ1) is 11.0. The molecule has 1 aliphatic rings. The molecule has 0 atom stereocenters. The van der Waals surface area contributed by atoms with Crippen molar-refractivity contribution in [3.8, 4) is 0 Å². The minimum atomic E-state index is 0.540. The summed E-state index contributed by atoms with van der Waals surface area (Å²) >= 11 is 6.18. The molecule has 84 valence electrons. The van der Waals surface area contributed by atoms with Crippen molar-refractivity contribution in [2.45, 2.75) is 44.4 Å². The van der Waals surface area contributed by atoms with E-state index in [0.29, 0.717) is 12.5 Å². The van der Waals surface area contributed by atoms with E-state index in [9.17, 15) is 0 Å². The van der Waals surface area contributed by atoms with Crippen LogP contribution in [0.25, 0.3) is 0 Å². The topological polar surface area (TPSA) is 39.2 Å². The van der Waals surface area contributed by atoms with E-state index in [1.807, 2.05) is 6.07 Å². The monoisotopic (exact) mass is 227 g/mol. The predicted molar refractivity (Wildman–Crippen MR) is 62.3 cm³/mol. The minimum Gasteiger partial charge on any atom is -0.464 e. The van der Waals surface area contributed by atoms with Crippen LogP contribution in [0.3, 0.4) is 0 Å². The van der Waals surface area contributed by atoms with Gasteiger partial charge in [0.1, 0.15) is 11.5 Å². The maximum absolute atomic E-state index is 6.18. The van der Waals surface area contributed by atoms with Crippen molar-refractivity contribution in [2.24, 2.45) is 5.73 Å². The Morgan fingerprint density at radius 2 is 2.07 bits per heavy atom. The molecule has 0 spiro atoms. The highest BCUT2D eigenvalue weighted by molar-refractivity contribution is 6.31.